The van der Waals surface area contributed by atoms with E-state index in [9.17, 15) is 0 Å². The van der Waals surface area contributed by atoms with Crippen molar-refractivity contribution in [2.24, 2.45) is 0 Å². The quantitative estimate of drug-likeness (QED) is 0.694. The number of hydrogen-bond donors (Lipinski definition) is 0. The molecule has 5 heteroatoms. The number of ether oxygens (including phenoxy) is 1. The SMILES string of the molecule is CCCOc1ccc([Si](OC)(OC)OC)cc1. The van der Waals surface area contributed by atoms with Gasteiger partial charge in [0.2, 0.25) is 0 Å². The zero-order chi connectivity index (χ0) is 12.7. The smallest absolute Gasteiger partial charge is 0.494 e. The maximum atomic E-state index is 5.52. The third-order valence-electron chi connectivity index (χ3n) is 2.49. The minimum absolute atomic E-state index is 0.723. The molecule has 0 heterocycles. The van der Waals surface area contributed by atoms with Crippen molar-refractivity contribution < 1.29 is 18.0 Å². The Morgan fingerprint density at radius 2 is 1.47 bits per heavy atom. The van der Waals surface area contributed by atoms with Crippen molar-refractivity contribution in [3.63, 3.8) is 0 Å². The summed E-state index contributed by atoms with van der Waals surface area (Å²) >= 11 is 0. The van der Waals surface area contributed by atoms with Gasteiger partial charge in [-0.1, -0.05) is 19.1 Å². The molecule has 1 rings (SSSR count). The molecule has 0 saturated heterocycles. The van der Waals surface area contributed by atoms with Crippen LogP contribution in [0.3, 0.4) is 0 Å². The van der Waals surface area contributed by atoms with Crippen molar-refractivity contribution in [2.75, 3.05) is 27.9 Å². The van der Waals surface area contributed by atoms with Gasteiger partial charge >= 0.3 is 8.80 Å². The number of hydrogen-bond acceptors (Lipinski definition) is 4. The van der Waals surface area contributed by atoms with E-state index in [0.717, 1.165) is 24.0 Å². The molecule has 17 heavy (non-hydrogen) atoms. The zero-order valence-electron chi connectivity index (χ0n) is 10.9. The summed E-state index contributed by atoms with van der Waals surface area (Å²) in [6.45, 7) is 2.80. The van der Waals surface area contributed by atoms with E-state index in [1.165, 1.54) is 0 Å². The Balaban J connectivity index is 2.84. The van der Waals surface area contributed by atoms with Gasteiger partial charge in [0.25, 0.3) is 0 Å². The molecule has 0 amide bonds. The molecule has 0 bridgehead atoms. The highest BCUT2D eigenvalue weighted by molar-refractivity contribution is 6.75. The van der Waals surface area contributed by atoms with E-state index in [0.29, 0.717) is 0 Å². The summed E-state index contributed by atoms with van der Waals surface area (Å²) in [5.74, 6) is 0.849. The predicted octanol–water partition coefficient (Wildman–Crippen LogP) is 1.56. The van der Waals surface area contributed by atoms with Gasteiger partial charge in [-0.15, -0.1) is 0 Å². The van der Waals surface area contributed by atoms with Crippen LogP contribution in [0, 0.1) is 0 Å². The van der Waals surface area contributed by atoms with Crippen LogP contribution in [0.4, 0.5) is 0 Å². The summed E-state index contributed by atoms with van der Waals surface area (Å²) in [7, 11) is 2.09. The second-order valence-electron chi connectivity index (χ2n) is 3.54. The fourth-order valence-electron chi connectivity index (χ4n) is 1.58. The molecule has 0 radical (unpaired) electrons. The molecule has 1 aromatic carbocycles. The van der Waals surface area contributed by atoms with Gasteiger partial charge in [-0.2, -0.15) is 0 Å². The van der Waals surface area contributed by atoms with Crippen molar-refractivity contribution in [1.82, 2.24) is 0 Å². The van der Waals surface area contributed by atoms with E-state index in [2.05, 4.69) is 6.92 Å². The maximum Gasteiger partial charge on any atom is 0.536 e. The van der Waals surface area contributed by atoms with Crippen LogP contribution in [-0.2, 0) is 13.3 Å². The number of rotatable bonds is 7. The molecule has 0 aliphatic rings. The Hall–Kier alpha value is -0.883. The molecule has 0 atom stereocenters. The normalized spacial score (nSPS) is 11.5. The van der Waals surface area contributed by atoms with Crippen LogP contribution < -0.4 is 9.92 Å². The van der Waals surface area contributed by atoms with Crippen molar-refractivity contribution in [1.29, 1.82) is 0 Å². The van der Waals surface area contributed by atoms with Gasteiger partial charge in [-0.3, -0.25) is 0 Å². The monoisotopic (exact) mass is 256 g/mol. The third-order valence-corrected chi connectivity index (χ3v) is 5.14. The van der Waals surface area contributed by atoms with Gasteiger partial charge in [-0.05, 0) is 18.6 Å². The zero-order valence-corrected chi connectivity index (χ0v) is 11.9. The highest BCUT2D eigenvalue weighted by Crippen LogP contribution is 2.12. The van der Waals surface area contributed by atoms with E-state index in [1.807, 2.05) is 24.3 Å². The van der Waals surface area contributed by atoms with Gasteiger partial charge in [0.1, 0.15) is 5.75 Å². The lowest BCUT2D eigenvalue weighted by molar-refractivity contribution is 0.140. The lowest BCUT2D eigenvalue weighted by Crippen LogP contribution is -2.54. The topological polar surface area (TPSA) is 36.9 Å². The highest BCUT2D eigenvalue weighted by Gasteiger charge is 2.40. The largest absolute Gasteiger partial charge is 0.536 e. The average Bonchev–Trinajstić information content (AvgIpc) is 2.40. The third kappa shape index (κ3) is 3.29. The highest BCUT2D eigenvalue weighted by atomic mass is 28.4. The van der Waals surface area contributed by atoms with E-state index in [-0.39, 0.29) is 0 Å². The second-order valence-corrected chi connectivity index (χ2v) is 6.46. The van der Waals surface area contributed by atoms with E-state index < -0.39 is 8.80 Å². The summed E-state index contributed by atoms with van der Waals surface area (Å²) < 4.78 is 21.7. The lowest BCUT2D eigenvalue weighted by Gasteiger charge is -2.24. The van der Waals surface area contributed by atoms with E-state index >= 15 is 0 Å². The van der Waals surface area contributed by atoms with Crippen LogP contribution in [0.15, 0.2) is 24.3 Å². The summed E-state index contributed by atoms with van der Waals surface area (Å²) in [4.78, 5) is 0. The van der Waals surface area contributed by atoms with Crippen LogP contribution in [0.5, 0.6) is 5.75 Å². The van der Waals surface area contributed by atoms with Crippen molar-refractivity contribution >= 4 is 14.0 Å². The lowest BCUT2D eigenvalue weighted by atomic mass is 10.3. The Labute approximate surface area is 104 Å². The Morgan fingerprint density at radius 1 is 0.941 bits per heavy atom. The molecule has 96 valence electrons. The standard InChI is InChI=1S/C12H20O4Si/c1-5-10-16-11-6-8-12(9-7-11)17(13-2,14-3)15-4/h6-9H,5,10H2,1-4H3. The minimum Gasteiger partial charge on any atom is -0.494 e. The summed E-state index contributed by atoms with van der Waals surface area (Å²) in [6, 6.07) is 7.66. The van der Waals surface area contributed by atoms with Crippen molar-refractivity contribution in [3.8, 4) is 5.75 Å². The molecule has 0 saturated carbocycles. The van der Waals surface area contributed by atoms with Gasteiger partial charge < -0.3 is 18.0 Å². The Kier molecular flexibility index (Phi) is 5.63. The molecule has 4 nitrogen and oxygen atoms in total. The molecule has 0 fully saturated rings. The molecule has 0 unspecified atom stereocenters. The Bertz CT molecular complexity index is 314. The molecule has 0 N–H and O–H groups in total. The first-order valence-corrected chi connectivity index (χ1v) is 7.33. The van der Waals surface area contributed by atoms with Gasteiger partial charge in [0.05, 0.1) is 6.61 Å². The molecule has 1 aromatic rings. The first kappa shape index (κ1) is 14.2. The minimum atomic E-state index is -2.70. The molecule has 0 aliphatic carbocycles. The molecular weight excluding hydrogens is 236 g/mol. The number of benzene rings is 1. The maximum absolute atomic E-state index is 5.52. The summed E-state index contributed by atoms with van der Waals surface area (Å²) in [5, 5.41) is 0.925. The van der Waals surface area contributed by atoms with Crippen LogP contribution in [0.2, 0.25) is 0 Å². The molecule has 0 aliphatic heterocycles. The first-order chi connectivity index (χ1) is 8.22. The average molecular weight is 256 g/mol. The molecule has 0 spiro atoms. The van der Waals surface area contributed by atoms with Crippen LogP contribution in [-0.4, -0.2) is 36.7 Å². The van der Waals surface area contributed by atoms with Gasteiger partial charge in [0, 0.05) is 26.5 Å². The fourth-order valence-corrected chi connectivity index (χ4v) is 3.36. The fraction of sp³-hybridized carbons (Fsp3) is 0.500. The van der Waals surface area contributed by atoms with Gasteiger partial charge in [-0.25, -0.2) is 0 Å². The summed E-state index contributed by atoms with van der Waals surface area (Å²) in [6.07, 6.45) is 0.995. The van der Waals surface area contributed by atoms with Crippen LogP contribution in [0.25, 0.3) is 0 Å². The van der Waals surface area contributed by atoms with E-state index in [1.54, 1.807) is 21.3 Å². The Morgan fingerprint density at radius 3 is 1.88 bits per heavy atom. The van der Waals surface area contributed by atoms with Crippen LogP contribution in [0.1, 0.15) is 13.3 Å². The molecule has 0 aromatic heterocycles. The second kappa shape index (κ2) is 6.76. The van der Waals surface area contributed by atoms with Crippen molar-refractivity contribution in [3.05, 3.63) is 24.3 Å². The summed E-state index contributed by atoms with van der Waals surface area (Å²) in [5.41, 5.74) is 0. The first-order valence-electron chi connectivity index (χ1n) is 5.61. The van der Waals surface area contributed by atoms with Crippen molar-refractivity contribution in [2.45, 2.75) is 13.3 Å². The van der Waals surface area contributed by atoms with E-state index in [4.69, 9.17) is 18.0 Å². The van der Waals surface area contributed by atoms with Gasteiger partial charge in [0.15, 0.2) is 0 Å². The van der Waals surface area contributed by atoms with Crippen LogP contribution >= 0.6 is 0 Å². The molecular formula is C12H20O4Si. The predicted molar refractivity (Wildman–Crippen MR) is 68.6 cm³/mol.